The van der Waals surface area contributed by atoms with E-state index in [-0.39, 0.29) is 25.1 Å². The van der Waals surface area contributed by atoms with Crippen molar-refractivity contribution < 1.29 is 23.4 Å². The fraction of sp³-hybridized carbons (Fsp3) is 0.889. The number of aliphatic hydroxyl groups is 1. The Hall–Kier alpha value is -0.660. The fourth-order valence-electron chi connectivity index (χ4n) is 1.14. The van der Waals surface area contributed by atoms with Crippen LogP contribution in [0.4, 0.5) is 0 Å². The topological polar surface area (TPSA) is 104 Å². The third-order valence-electron chi connectivity index (χ3n) is 1.96. The molecule has 0 saturated heterocycles. The molecule has 0 fully saturated rings. The molecule has 3 N–H and O–H groups in total. The second kappa shape index (κ2) is 7.59. The van der Waals surface area contributed by atoms with E-state index in [1.807, 2.05) is 6.92 Å². The quantitative estimate of drug-likeness (QED) is 0.533. The molecule has 0 aliphatic carbocycles. The van der Waals surface area contributed by atoms with Crippen LogP contribution in [0.5, 0.6) is 0 Å². The molecule has 0 heterocycles. The summed E-state index contributed by atoms with van der Waals surface area (Å²) in [5.41, 5.74) is 0. The van der Waals surface area contributed by atoms with Crippen LogP contribution < -0.4 is 4.72 Å². The molecule has 0 bridgehead atoms. The van der Waals surface area contributed by atoms with Crippen LogP contribution in [-0.4, -0.2) is 43.0 Å². The summed E-state index contributed by atoms with van der Waals surface area (Å²) in [4.78, 5) is 10.2. The Labute approximate surface area is 95.7 Å². The van der Waals surface area contributed by atoms with Crippen LogP contribution in [0, 0.1) is 0 Å². The average molecular weight is 253 g/mol. The van der Waals surface area contributed by atoms with Crippen LogP contribution in [0.1, 0.15) is 32.6 Å². The number of carbonyl (C=O) groups is 1. The van der Waals surface area contributed by atoms with Crippen LogP contribution in [0.25, 0.3) is 0 Å². The predicted molar refractivity (Wildman–Crippen MR) is 59.6 cm³/mol. The number of nitrogens with one attached hydrogen (secondary N) is 1. The van der Waals surface area contributed by atoms with E-state index in [0.717, 1.165) is 6.42 Å². The minimum Gasteiger partial charge on any atom is -0.481 e. The van der Waals surface area contributed by atoms with Crippen LogP contribution in [0.3, 0.4) is 0 Å². The predicted octanol–water partition coefficient (Wildman–Crippen LogP) is -0.0684. The summed E-state index contributed by atoms with van der Waals surface area (Å²) in [6.45, 7) is 1.88. The van der Waals surface area contributed by atoms with Gasteiger partial charge in [0.05, 0.1) is 11.9 Å². The van der Waals surface area contributed by atoms with Gasteiger partial charge in [-0.25, -0.2) is 13.1 Å². The highest BCUT2D eigenvalue weighted by molar-refractivity contribution is 7.89. The van der Waals surface area contributed by atoms with Crippen LogP contribution in [0.15, 0.2) is 0 Å². The van der Waals surface area contributed by atoms with E-state index >= 15 is 0 Å². The van der Waals surface area contributed by atoms with E-state index in [0.29, 0.717) is 6.42 Å². The van der Waals surface area contributed by atoms with Gasteiger partial charge in [0.2, 0.25) is 10.0 Å². The van der Waals surface area contributed by atoms with Crippen molar-refractivity contribution in [3.63, 3.8) is 0 Å². The second-order valence-corrected chi connectivity index (χ2v) is 5.53. The van der Waals surface area contributed by atoms with Crippen molar-refractivity contribution in [3.8, 4) is 0 Å². The molecule has 0 aliphatic rings. The number of sulfonamides is 1. The van der Waals surface area contributed by atoms with E-state index < -0.39 is 22.1 Å². The fourth-order valence-corrected chi connectivity index (χ4v) is 2.26. The summed E-state index contributed by atoms with van der Waals surface area (Å²) in [6.07, 6.45) is 0.547. The average Bonchev–Trinajstić information content (AvgIpc) is 2.14. The van der Waals surface area contributed by atoms with Crippen LogP contribution >= 0.6 is 0 Å². The van der Waals surface area contributed by atoms with Crippen molar-refractivity contribution in [3.05, 3.63) is 0 Å². The molecule has 16 heavy (non-hydrogen) atoms. The normalized spacial score (nSPS) is 13.6. The number of carboxylic acid groups (broad SMARTS) is 1. The van der Waals surface area contributed by atoms with Gasteiger partial charge >= 0.3 is 5.97 Å². The minimum absolute atomic E-state index is 0.0107. The lowest BCUT2D eigenvalue weighted by Crippen LogP contribution is -2.33. The van der Waals surface area contributed by atoms with Gasteiger partial charge in [0.25, 0.3) is 0 Å². The highest BCUT2D eigenvalue weighted by atomic mass is 32.2. The lowest BCUT2D eigenvalue weighted by atomic mass is 10.2. The van der Waals surface area contributed by atoms with Gasteiger partial charge in [-0.15, -0.1) is 0 Å². The number of hydrogen-bond acceptors (Lipinski definition) is 4. The van der Waals surface area contributed by atoms with Crippen molar-refractivity contribution in [2.75, 3.05) is 12.3 Å². The van der Waals surface area contributed by atoms with Crippen LogP contribution in [0.2, 0.25) is 0 Å². The summed E-state index contributed by atoms with van der Waals surface area (Å²) in [5, 5.41) is 17.6. The maximum Gasteiger partial charge on any atom is 0.303 e. The lowest BCUT2D eigenvalue weighted by molar-refractivity contribution is -0.137. The molecule has 0 rings (SSSR count). The first-order valence-corrected chi connectivity index (χ1v) is 6.90. The molecule has 6 nitrogen and oxygen atoms in total. The Morgan fingerprint density at radius 3 is 2.56 bits per heavy atom. The Kier molecular flexibility index (Phi) is 7.27. The van der Waals surface area contributed by atoms with Crippen molar-refractivity contribution in [1.29, 1.82) is 0 Å². The van der Waals surface area contributed by atoms with E-state index in [9.17, 15) is 18.3 Å². The number of hydrogen-bond donors (Lipinski definition) is 3. The summed E-state index contributed by atoms with van der Waals surface area (Å²) >= 11 is 0. The summed E-state index contributed by atoms with van der Waals surface area (Å²) in [7, 11) is -3.46. The highest BCUT2D eigenvalue weighted by Crippen LogP contribution is 1.98. The van der Waals surface area contributed by atoms with Gasteiger partial charge in [-0.05, 0) is 12.8 Å². The standard InChI is InChI=1S/C9H19NO5S/c1-2-4-8(11)7-10-16(14,15)6-3-5-9(12)13/h8,10-11H,2-7H2,1H3,(H,12,13). The molecule has 1 atom stereocenters. The number of aliphatic hydroxyl groups excluding tert-OH is 1. The van der Waals surface area contributed by atoms with Gasteiger partial charge < -0.3 is 10.2 Å². The monoisotopic (exact) mass is 253 g/mol. The van der Waals surface area contributed by atoms with Gasteiger partial charge in [-0.2, -0.15) is 0 Å². The minimum atomic E-state index is -3.46. The molecule has 0 amide bonds. The zero-order chi connectivity index (χ0) is 12.6. The smallest absolute Gasteiger partial charge is 0.303 e. The maximum absolute atomic E-state index is 11.3. The number of carboxylic acids is 1. The molecule has 96 valence electrons. The zero-order valence-electron chi connectivity index (χ0n) is 9.35. The first-order valence-electron chi connectivity index (χ1n) is 5.24. The van der Waals surface area contributed by atoms with Crippen molar-refractivity contribution in [2.24, 2.45) is 0 Å². The van der Waals surface area contributed by atoms with Gasteiger partial charge in [-0.3, -0.25) is 4.79 Å². The van der Waals surface area contributed by atoms with Crippen LogP contribution in [-0.2, 0) is 14.8 Å². The van der Waals surface area contributed by atoms with Gasteiger partial charge in [0.15, 0.2) is 0 Å². The summed E-state index contributed by atoms with van der Waals surface area (Å²) < 4.78 is 24.9. The first kappa shape index (κ1) is 15.3. The summed E-state index contributed by atoms with van der Waals surface area (Å²) in [6, 6.07) is 0. The van der Waals surface area contributed by atoms with E-state index in [1.54, 1.807) is 0 Å². The molecule has 0 saturated carbocycles. The molecule has 0 spiro atoms. The molecule has 0 aromatic rings. The molecule has 1 unspecified atom stereocenters. The molecule has 0 aliphatic heterocycles. The summed E-state index contributed by atoms with van der Waals surface area (Å²) in [5.74, 6) is -1.24. The Morgan fingerprint density at radius 2 is 2.06 bits per heavy atom. The third-order valence-corrected chi connectivity index (χ3v) is 3.40. The Balaban J connectivity index is 3.83. The van der Waals surface area contributed by atoms with E-state index in [1.165, 1.54) is 0 Å². The number of rotatable bonds is 9. The highest BCUT2D eigenvalue weighted by Gasteiger charge is 2.12. The zero-order valence-corrected chi connectivity index (χ0v) is 10.2. The lowest BCUT2D eigenvalue weighted by Gasteiger charge is -2.10. The maximum atomic E-state index is 11.3. The third kappa shape index (κ3) is 8.63. The van der Waals surface area contributed by atoms with Gasteiger partial charge in [0, 0.05) is 13.0 Å². The van der Waals surface area contributed by atoms with Gasteiger partial charge in [0.1, 0.15) is 0 Å². The van der Waals surface area contributed by atoms with Crippen molar-refractivity contribution in [1.82, 2.24) is 4.72 Å². The molecular weight excluding hydrogens is 234 g/mol. The molecule has 0 aromatic carbocycles. The SMILES string of the molecule is CCCC(O)CNS(=O)(=O)CCCC(=O)O. The second-order valence-electron chi connectivity index (χ2n) is 3.61. The molecule has 0 aromatic heterocycles. The van der Waals surface area contributed by atoms with E-state index in [2.05, 4.69) is 4.72 Å². The Bertz CT molecular complexity index is 301. The van der Waals surface area contributed by atoms with Gasteiger partial charge in [-0.1, -0.05) is 13.3 Å². The first-order chi connectivity index (χ1) is 7.37. The molecule has 7 heteroatoms. The molecule has 0 radical (unpaired) electrons. The van der Waals surface area contributed by atoms with E-state index in [4.69, 9.17) is 5.11 Å². The largest absolute Gasteiger partial charge is 0.481 e. The molecular formula is C9H19NO5S. The Morgan fingerprint density at radius 1 is 1.44 bits per heavy atom. The van der Waals surface area contributed by atoms with Crippen molar-refractivity contribution in [2.45, 2.75) is 38.7 Å². The number of aliphatic carboxylic acids is 1. The van der Waals surface area contributed by atoms with Crippen molar-refractivity contribution >= 4 is 16.0 Å².